The minimum Gasteiger partial charge on any atom is -0.497 e. The minimum atomic E-state index is -3.97. The highest BCUT2D eigenvalue weighted by Gasteiger charge is 2.22. The number of ether oxygens (including phenoxy) is 2. The molecular formula is C18H17FN4O5S2. The van der Waals surface area contributed by atoms with Crippen LogP contribution in [-0.4, -0.2) is 38.7 Å². The van der Waals surface area contributed by atoms with Gasteiger partial charge in [-0.2, -0.15) is 0 Å². The molecule has 1 aromatic heterocycles. The number of para-hydroxylation sites is 1. The molecule has 0 unspecified atom stereocenters. The second-order valence-corrected chi connectivity index (χ2v) is 8.57. The van der Waals surface area contributed by atoms with Gasteiger partial charge in [-0.05, 0) is 24.3 Å². The van der Waals surface area contributed by atoms with Gasteiger partial charge in [0.1, 0.15) is 27.2 Å². The van der Waals surface area contributed by atoms with Crippen LogP contribution in [0.3, 0.4) is 0 Å². The lowest BCUT2D eigenvalue weighted by molar-refractivity contribution is 0.102. The molecule has 1 heterocycles. The number of amides is 1. The van der Waals surface area contributed by atoms with Crippen molar-refractivity contribution in [3.63, 3.8) is 0 Å². The van der Waals surface area contributed by atoms with E-state index in [9.17, 15) is 17.6 Å². The number of rotatable bonds is 8. The first-order valence-corrected chi connectivity index (χ1v) is 10.7. The van der Waals surface area contributed by atoms with Crippen LogP contribution in [0, 0.1) is 5.82 Å². The number of aromatic nitrogens is 2. The van der Waals surface area contributed by atoms with E-state index < -0.39 is 21.7 Å². The highest BCUT2D eigenvalue weighted by molar-refractivity contribution is 7.89. The second-order valence-electron chi connectivity index (χ2n) is 5.78. The molecule has 0 bridgehead atoms. The van der Waals surface area contributed by atoms with Crippen LogP contribution in [-0.2, 0) is 16.6 Å². The van der Waals surface area contributed by atoms with Gasteiger partial charge in [0.2, 0.25) is 15.0 Å². The summed E-state index contributed by atoms with van der Waals surface area (Å²) in [4.78, 5) is 12.1. The standard InChI is InChI=1S/C18H17FN4O5S2/c1-27-11-7-8-14(28-2)15(9-11)30(25,26)20-10-16-22-23-18(29-16)17(24)21-13-6-4-3-5-12(13)19/h3-9,20H,10H2,1-2H3,(H,21,24). The maximum atomic E-state index is 13.7. The SMILES string of the molecule is COc1ccc(OC)c(S(=O)(=O)NCc2nnc(C(=O)Nc3ccccc3F)s2)c1. The second kappa shape index (κ2) is 9.15. The molecule has 3 aromatic rings. The van der Waals surface area contributed by atoms with E-state index in [0.29, 0.717) is 5.75 Å². The fourth-order valence-electron chi connectivity index (χ4n) is 2.38. The molecule has 2 N–H and O–H groups in total. The van der Waals surface area contributed by atoms with Crippen molar-refractivity contribution in [2.75, 3.05) is 19.5 Å². The van der Waals surface area contributed by atoms with E-state index in [1.165, 1.54) is 44.6 Å². The molecule has 1 amide bonds. The van der Waals surface area contributed by atoms with Crippen LogP contribution in [0.25, 0.3) is 0 Å². The van der Waals surface area contributed by atoms with Crippen molar-refractivity contribution in [1.29, 1.82) is 0 Å². The van der Waals surface area contributed by atoms with Gasteiger partial charge in [0.15, 0.2) is 0 Å². The van der Waals surface area contributed by atoms with Crippen molar-refractivity contribution in [2.45, 2.75) is 11.4 Å². The molecule has 0 aliphatic carbocycles. The summed E-state index contributed by atoms with van der Waals surface area (Å²) in [5.74, 6) is -0.749. The summed E-state index contributed by atoms with van der Waals surface area (Å²) >= 11 is 0.880. The number of benzene rings is 2. The van der Waals surface area contributed by atoms with E-state index in [2.05, 4.69) is 20.2 Å². The lowest BCUT2D eigenvalue weighted by Gasteiger charge is -2.11. The molecule has 12 heteroatoms. The highest BCUT2D eigenvalue weighted by atomic mass is 32.2. The van der Waals surface area contributed by atoms with E-state index in [0.717, 1.165) is 11.3 Å². The van der Waals surface area contributed by atoms with Crippen LogP contribution in [0.15, 0.2) is 47.4 Å². The van der Waals surface area contributed by atoms with Gasteiger partial charge < -0.3 is 14.8 Å². The zero-order valence-corrected chi connectivity index (χ0v) is 17.5. The number of nitrogens with one attached hydrogen (secondary N) is 2. The molecule has 0 aliphatic heterocycles. The maximum absolute atomic E-state index is 13.7. The Morgan fingerprint density at radius 2 is 1.90 bits per heavy atom. The van der Waals surface area contributed by atoms with Gasteiger partial charge >= 0.3 is 0 Å². The number of methoxy groups -OCH3 is 2. The number of hydrogen-bond acceptors (Lipinski definition) is 8. The Morgan fingerprint density at radius 3 is 2.60 bits per heavy atom. The Hall–Kier alpha value is -3.09. The lowest BCUT2D eigenvalue weighted by Crippen LogP contribution is -2.23. The molecule has 0 fully saturated rings. The molecule has 0 aliphatic rings. The summed E-state index contributed by atoms with van der Waals surface area (Å²) in [5.41, 5.74) is 0.00470. The Kier molecular flexibility index (Phi) is 6.59. The number of carbonyl (C=O) groups is 1. The van der Waals surface area contributed by atoms with E-state index in [1.54, 1.807) is 12.1 Å². The topological polar surface area (TPSA) is 120 Å². The summed E-state index contributed by atoms with van der Waals surface area (Å²) in [7, 11) is -1.19. The third kappa shape index (κ3) is 4.90. The fourth-order valence-corrected chi connectivity index (χ4v) is 4.32. The van der Waals surface area contributed by atoms with Crippen molar-refractivity contribution in [3.05, 3.63) is 58.3 Å². The first kappa shape index (κ1) is 21.6. The summed E-state index contributed by atoms with van der Waals surface area (Å²) < 4.78 is 51.5. The van der Waals surface area contributed by atoms with Crippen LogP contribution in [0.2, 0.25) is 0 Å². The molecule has 0 atom stereocenters. The summed E-state index contributed by atoms with van der Waals surface area (Å²) in [6.07, 6.45) is 0. The molecule has 0 saturated carbocycles. The van der Waals surface area contributed by atoms with E-state index >= 15 is 0 Å². The van der Waals surface area contributed by atoms with Crippen LogP contribution < -0.4 is 19.5 Å². The van der Waals surface area contributed by atoms with Gasteiger partial charge in [0.25, 0.3) is 5.91 Å². The van der Waals surface area contributed by atoms with E-state index in [4.69, 9.17) is 9.47 Å². The van der Waals surface area contributed by atoms with Crippen LogP contribution in [0.1, 0.15) is 14.8 Å². The number of anilines is 1. The number of halogens is 1. The minimum absolute atomic E-state index is 0.00470. The molecule has 158 valence electrons. The van der Waals surface area contributed by atoms with Crippen LogP contribution in [0.4, 0.5) is 10.1 Å². The van der Waals surface area contributed by atoms with Crippen molar-refractivity contribution in [1.82, 2.24) is 14.9 Å². The monoisotopic (exact) mass is 452 g/mol. The Labute approximate surface area is 175 Å². The summed E-state index contributed by atoms with van der Waals surface area (Å²) in [6.45, 7) is -0.201. The van der Waals surface area contributed by atoms with Gasteiger partial charge in [-0.3, -0.25) is 4.79 Å². The predicted octanol–water partition coefficient (Wildman–Crippen LogP) is 2.43. The first-order valence-electron chi connectivity index (χ1n) is 8.44. The smallest absolute Gasteiger partial charge is 0.286 e. The summed E-state index contributed by atoms with van der Waals surface area (Å²) in [6, 6.07) is 10.1. The predicted molar refractivity (Wildman–Crippen MR) is 108 cm³/mol. The van der Waals surface area contributed by atoms with Crippen molar-refractivity contribution in [3.8, 4) is 11.5 Å². The van der Waals surface area contributed by atoms with Crippen molar-refractivity contribution < 1.29 is 27.1 Å². The van der Waals surface area contributed by atoms with Crippen molar-refractivity contribution >= 4 is 33.0 Å². The maximum Gasteiger partial charge on any atom is 0.286 e. The molecule has 0 saturated heterocycles. The third-order valence-corrected chi connectivity index (χ3v) is 6.20. The molecular weight excluding hydrogens is 435 g/mol. The fraction of sp³-hybridized carbons (Fsp3) is 0.167. The van der Waals surface area contributed by atoms with E-state index in [-0.39, 0.29) is 32.9 Å². The average Bonchev–Trinajstić information content (AvgIpc) is 3.23. The van der Waals surface area contributed by atoms with Gasteiger partial charge in [-0.15, -0.1) is 10.2 Å². The molecule has 9 nitrogen and oxygen atoms in total. The number of carbonyl (C=O) groups excluding carboxylic acids is 1. The average molecular weight is 452 g/mol. The Bertz CT molecular complexity index is 1170. The zero-order chi connectivity index (χ0) is 21.7. The number of hydrogen-bond donors (Lipinski definition) is 2. The molecule has 0 spiro atoms. The zero-order valence-electron chi connectivity index (χ0n) is 15.9. The Morgan fingerprint density at radius 1 is 1.13 bits per heavy atom. The third-order valence-electron chi connectivity index (χ3n) is 3.86. The van der Waals surface area contributed by atoms with Gasteiger partial charge in [-0.1, -0.05) is 23.5 Å². The molecule has 2 aromatic carbocycles. The van der Waals surface area contributed by atoms with Crippen LogP contribution in [0.5, 0.6) is 11.5 Å². The molecule has 30 heavy (non-hydrogen) atoms. The lowest BCUT2D eigenvalue weighted by atomic mass is 10.3. The van der Waals surface area contributed by atoms with Crippen molar-refractivity contribution in [2.24, 2.45) is 0 Å². The van der Waals surface area contributed by atoms with Gasteiger partial charge in [-0.25, -0.2) is 17.5 Å². The number of sulfonamides is 1. The summed E-state index contributed by atoms with van der Waals surface area (Å²) in [5, 5.41) is 10.1. The molecule has 0 radical (unpaired) electrons. The quantitative estimate of drug-likeness (QED) is 0.539. The normalized spacial score (nSPS) is 11.2. The van der Waals surface area contributed by atoms with Crippen LogP contribution >= 0.6 is 11.3 Å². The first-order chi connectivity index (χ1) is 14.3. The Balaban J connectivity index is 1.71. The number of nitrogens with zero attached hydrogens (tertiary/aromatic N) is 2. The van der Waals surface area contributed by atoms with Gasteiger partial charge in [0, 0.05) is 6.07 Å². The molecule has 3 rings (SSSR count). The van der Waals surface area contributed by atoms with Gasteiger partial charge in [0.05, 0.1) is 26.5 Å². The van der Waals surface area contributed by atoms with E-state index in [1.807, 2.05) is 0 Å². The highest BCUT2D eigenvalue weighted by Crippen LogP contribution is 2.28. The largest absolute Gasteiger partial charge is 0.497 e.